The van der Waals surface area contributed by atoms with Crippen molar-refractivity contribution in [3.63, 3.8) is 0 Å². The van der Waals surface area contributed by atoms with E-state index in [0.717, 1.165) is 5.57 Å². The van der Waals surface area contributed by atoms with Crippen LogP contribution in [0.15, 0.2) is 35.9 Å². The number of terminal acetylenes is 1. The van der Waals surface area contributed by atoms with Crippen molar-refractivity contribution in [2.75, 3.05) is 0 Å². The highest BCUT2D eigenvalue weighted by Gasteiger charge is 2.39. The van der Waals surface area contributed by atoms with Gasteiger partial charge >= 0.3 is 5.97 Å². The molecule has 0 bridgehead atoms. The third-order valence-corrected chi connectivity index (χ3v) is 4.63. The highest BCUT2D eigenvalue weighted by molar-refractivity contribution is 5.93. The summed E-state index contributed by atoms with van der Waals surface area (Å²) in [5.74, 6) is 0.572. The van der Waals surface area contributed by atoms with Gasteiger partial charge in [-0.3, -0.25) is 9.59 Å². The minimum atomic E-state index is -1.01. The Labute approximate surface area is 152 Å². The van der Waals surface area contributed by atoms with Crippen LogP contribution in [0.1, 0.15) is 38.4 Å². The zero-order valence-corrected chi connectivity index (χ0v) is 15.1. The molecule has 0 saturated heterocycles. The number of hydrogen-bond acceptors (Lipinski definition) is 5. The van der Waals surface area contributed by atoms with Crippen LogP contribution in [0.3, 0.4) is 0 Å². The molecule has 1 aromatic carbocycles. The molecule has 134 valence electrons. The summed E-state index contributed by atoms with van der Waals surface area (Å²) >= 11 is 0. The lowest BCUT2D eigenvalue weighted by Gasteiger charge is -2.30. The maximum absolute atomic E-state index is 13.1. The smallest absolute Gasteiger partial charge is 0.311 e. The van der Waals surface area contributed by atoms with Crippen molar-refractivity contribution < 1.29 is 14.3 Å². The molecule has 1 heterocycles. The third kappa shape index (κ3) is 3.38. The molecule has 0 saturated carbocycles. The molecule has 0 aliphatic heterocycles. The Kier molecular flexibility index (Phi) is 4.64. The molecule has 1 aliphatic carbocycles. The van der Waals surface area contributed by atoms with E-state index in [1.54, 1.807) is 26.0 Å². The summed E-state index contributed by atoms with van der Waals surface area (Å²) in [7, 11) is 0. The van der Waals surface area contributed by atoms with Gasteiger partial charge in [-0.25, -0.2) is 0 Å². The van der Waals surface area contributed by atoms with Gasteiger partial charge in [-0.05, 0) is 45.7 Å². The molecule has 6 nitrogen and oxygen atoms in total. The minimum Gasteiger partial charge on any atom is -0.446 e. The molecule has 0 fully saturated rings. The first-order valence-corrected chi connectivity index (χ1v) is 8.53. The predicted molar refractivity (Wildman–Crippen MR) is 97.1 cm³/mol. The molecule has 1 aliphatic rings. The number of fused-ring (bicyclic) bond motifs is 1. The van der Waals surface area contributed by atoms with Crippen molar-refractivity contribution in [1.29, 1.82) is 0 Å². The van der Waals surface area contributed by atoms with Gasteiger partial charge in [-0.2, -0.15) is 4.68 Å². The van der Waals surface area contributed by atoms with Crippen molar-refractivity contribution in [3.05, 3.63) is 35.9 Å². The summed E-state index contributed by atoms with van der Waals surface area (Å²) in [4.78, 5) is 25.8. The number of carbonyl (C=O) groups excluding carboxylic acids is 2. The Bertz CT molecular complexity index is 933. The average Bonchev–Trinajstić information content (AvgIpc) is 3.05. The van der Waals surface area contributed by atoms with Gasteiger partial charge in [0.25, 0.3) is 5.91 Å². The first kappa shape index (κ1) is 17.9. The second kappa shape index (κ2) is 6.75. The van der Waals surface area contributed by atoms with E-state index in [-0.39, 0.29) is 5.91 Å². The second-order valence-corrected chi connectivity index (χ2v) is 7.11. The molecule has 2 atom stereocenters. The highest BCUT2D eigenvalue weighted by atomic mass is 16.6. The molecule has 2 aromatic rings. The molecule has 0 spiro atoms. The maximum atomic E-state index is 13.1. The molecule has 0 amide bonds. The molecule has 0 N–H and O–H groups in total. The number of aromatic nitrogens is 3. The zero-order valence-electron chi connectivity index (χ0n) is 15.1. The Morgan fingerprint density at radius 2 is 2.04 bits per heavy atom. The van der Waals surface area contributed by atoms with Gasteiger partial charge in [-0.1, -0.05) is 34.9 Å². The van der Waals surface area contributed by atoms with Gasteiger partial charge < -0.3 is 4.74 Å². The van der Waals surface area contributed by atoms with Crippen LogP contribution in [-0.2, 0) is 9.53 Å². The number of hydrogen-bond donors (Lipinski definition) is 0. The summed E-state index contributed by atoms with van der Waals surface area (Å²) in [5.41, 5.74) is 1.30. The van der Waals surface area contributed by atoms with E-state index in [2.05, 4.69) is 16.2 Å². The molecule has 26 heavy (non-hydrogen) atoms. The van der Waals surface area contributed by atoms with Gasteiger partial charge in [0.15, 0.2) is 5.60 Å². The molecule has 0 unspecified atom stereocenters. The molecule has 1 aromatic heterocycles. The molecule has 0 radical (unpaired) electrons. The van der Waals surface area contributed by atoms with E-state index in [9.17, 15) is 9.59 Å². The van der Waals surface area contributed by atoms with Crippen LogP contribution in [0.2, 0.25) is 0 Å². The van der Waals surface area contributed by atoms with E-state index in [1.165, 1.54) is 4.68 Å². The standard InChI is InChI=1S/C20H21N3O3/c1-5-20(3,4)26-19(25)15-12-13(2)10-11-14(15)18(24)23-17-9-7-6-8-16(17)21-22-23/h1,6-10,14-15H,11-12H2,2-4H3/t14-,15+/m1/s1. The molecule has 3 rings (SSSR count). The predicted octanol–water partition coefficient (Wildman–Crippen LogP) is 3.00. The Balaban J connectivity index is 1.92. The fourth-order valence-corrected chi connectivity index (χ4v) is 3.13. The normalized spacial score (nSPS) is 20.3. The van der Waals surface area contributed by atoms with Gasteiger partial charge in [0.05, 0.1) is 17.4 Å². The van der Waals surface area contributed by atoms with Crippen molar-refractivity contribution in [2.24, 2.45) is 11.8 Å². The van der Waals surface area contributed by atoms with E-state index < -0.39 is 23.4 Å². The summed E-state index contributed by atoms with van der Waals surface area (Å²) in [6.07, 6.45) is 8.32. The molecular weight excluding hydrogens is 330 g/mol. The van der Waals surface area contributed by atoms with Crippen LogP contribution in [0.4, 0.5) is 0 Å². The number of carbonyl (C=O) groups is 2. The zero-order chi connectivity index (χ0) is 18.9. The van der Waals surface area contributed by atoms with Gasteiger partial charge in [0, 0.05) is 0 Å². The van der Waals surface area contributed by atoms with Crippen molar-refractivity contribution in [1.82, 2.24) is 15.0 Å². The van der Waals surface area contributed by atoms with Crippen LogP contribution in [0.5, 0.6) is 0 Å². The Hall–Kier alpha value is -2.94. The number of para-hydroxylation sites is 1. The largest absolute Gasteiger partial charge is 0.446 e. The van der Waals surface area contributed by atoms with Crippen LogP contribution >= 0.6 is 0 Å². The van der Waals surface area contributed by atoms with E-state index >= 15 is 0 Å². The van der Waals surface area contributed by atoms with Crippen LogP contribution < -0.4 is 0 Å². The quantitative estimate of drug-likeness (QED) is 0.483. The number of rotatable bonds is 3. The van der Waals surface area contributed by atoms with E-state index in [0.29, 0.717) is 23.9 Å². The first-order chi connectivity index (χ1) is 12.3. The number of nitrogens with zero attached hydrogens (tertiary/aromatic N) is 3. The van der Waals surface area contributed by atoms with Crippen LogP contribution in [0, 0.1) is 24.2 Å². The Morgan fingerprint density at radius 1 is 1.31 bits per heavy atom. The fraction of sp³-hybridized carbons (Fsp3) is 0.400. The number of esters is 1. The third-order valence-electron chi connectivity index (χ3n) is 4.63. The lowest BCUT2D eigenvalue weighted by molar-refractivity contribution is -0.158. The summed E-state index contributed by atoms with van der Waals surface area (Å²) in [5, 5.41) is 8.01. The second-order valence-electron chi connectivity index (χ2n) is 7.11. The number of benzene rings is 1. The first-order valence-electron chi connectivity index (χ1n) is 8.53. The lowest BCUT2D eigenvalue weighted by atomic mass is 9.79. The molecule has 6 heteroatoms. The van der Waals surface area contributed by atoms with Gasteiger partial charge in [-0.15, -0.1) is 11.5 Å². The van der Waals surface area contributed by atoms with Crippen molar-refractivity contribution in [2.45, 2.75) is 39.2 Å². The van der Waals surface area contributed by atoms with Crippen LogP contribution in [0.25, 0.3) is 11.0 Å². The van der Waals surface area contributed by atoms with Gasteiger partial charge in [0.2, 0.25) is 0 Å². The number of ether oxygens (including phenoxy) is 1. The maximum Gasteiger partial charge on any atom is 0.311 e. The Morgan fingerprint density at radius 3 is 2.77 bits per heavy atom. The van der Waals surface area contributed by atoms with Crippen LogP contribution in [-0.4, -0.2) is 32.5 Å². The number of allylic oxidation sites excluding steroid dienone is 2. The molecular formula is C20H21N3O3. The van der Waals surface area contributed by atoms with Crippen molar-refractivity contribution >= 4 is 22.9 Å². The van der Waals surface area contributed by atoms with E-state index in [4.69, 9.17) is 11.2 Å². The summed E-state index contributed by atoms with van der Waals surface area (Å²) < 4.78 is 6.74. The summed E-state index contributed by atoms with van der Waals surface area (Å²) in [6.45, 7) is 5.24. The lowest BCUT2D eigenvalue weighted by Crippen LogP contribution is -2.39. The van der Waals surface area contributed by atoms with Gasteiger partial charge in [0.1, 0.15) is 5.52 Å². The minimum absolute atomic E-state index is 0.261. The highest BCUT2D eigenvalue weighted by Crippen LogP contribution is 2.33. The fourth-order valence-electron chi connectivity index (χ4n) is 3.13. The van der Waals surface area contributed by atoms with E-state index in [1.807, 2.05) is 25.1 Å². The topological polar surface area (TPSA) is 74.1 Å². The average molecular weight is 351 g/mol. The van der Waals surface area contributed by atoms with Crippen molar-refractivity contribution in [3.8, 4) is 12.3 Å². The summed E-state index contributed by atoms with van der Waals surface area (Å²) in [6, 6.07) is 7.23. The monoisotopic (exact) mass is 351 g/mol. The SMILES string of the molecule is C#CC(C)(C)OC(=O)[C@H]1CC(C)=CC[C@H]1C(=O)n1nnc2ccccc21.